The lowest BCUT2D eigenvalue weighted by molar-refractivity contribution is -0.390. The van der Waals surface area contributed by atoms with E-state index in [1.807, 2.05) is 7.05 Å². The minimum absolute atomic E-state index is 0.0240. The Labute approximate surface area is 118 Å². The Morgan fingerprint density at radius 1 is 1.47 bits per heavy atom. The summed E-state index contributed by atoms with van der Waals surface area (Å²) in [4.78, 5) is 26.0. The molecule has 1 aromatic rings. The Balaban J connectivity index is 1.99. The first-order valence-electron chi connectivity index (χ1n) is 5.81. The van der Waals surface area contributed by atoms with Crippen LogP contribution in [0, 0.1) is 10.1 Å². The molecule has 1 fully saturated rings. The van der Waals surface area contributed by atoms with E-state index < -0.39 is 4.92 Å². The molecule has 0 aromatic carbocycles. The van der Waals surface area contributed by atoms with Gasteiger partial charge < -0.3 is 19.9 Å². The SMILES string of the molecule is CN1CCN(C(=O)Cn2cc(Br)c([N+](=O)[O-])n2)CC1. The fourth-order valence-corrected chi connectivity index (χ4v) is 2.35. The highest BCUT2D eigenvalue weighted by Crippen LogP contribution is 2.21. The number of amides is 1. The second-order valence-corrected chi connectivity index (χ2v) is 5.29. The van der Waals surface area contributed by atoms with Crippen molar-refractivity contribution in [2.45, 2.75) is 6.54 Å². The second kappa shape index (κ2) is 5.66. The fourth-order valence-electron chi connectivity index (χ4n) is 1.89. The molecule has 1 amide bonds. The molecule has 104 valence electrons. The minimum atomic E-state index is -0.582. The van der Waals surface area contributed by atoms with Gasteiger partial charge in [0.15, 0.2) is 0 Å². The van der Waals surface area contributed by atoms with Gasteiger partial charge >= 0.3 is 5.82 Å². The van der Waals surface area contributed by atoms with Gasteiger partial charge in [0, 0.05) is 26.2 Å². The van der Waals surface area contributed by atoms with Crippen LogP contribution in [0.4, 0.5) is 5.82 Å². The highest BCUT2D eigenvalue weighted by Gasteiger charge is 2.23. The maximum Gasteiger partial charge on any atom is 0.404 e. The van der Waals surface area contributed by atoms with Gasteiger partial charge in [-0.1, -0.05) is 0 Å². The van der Waals surface area contributed by atoms with Crippen molar-refractivity contribution in [2.24, 2.45) is 0 Å². The number of piperazine rings is 1. The highest BCUT2D eigenvalue weighted by molar-refractivity contribution is 9.10. The lowest BCUT2D eigenvalue weighted by Gasteiger charge is -2.32. The number of carbonyl (C=O) groups excluding carboxylic acids is 1. The van der Waals surface area contributed by atoms with Crippen molar-refractivity contribution in [1.29, 1.82) is 0 Å². The van der Waals surface area contributed by atoms with E-state index in [1.54, 1.807) is 4.90 Å². The van der Waals surface area contributed by atoms with Crippen molar-refractivity contribution in [3.05, 3.63) is 20.8 Å². The number of rotatable bonds is 3. The summed E-state index contributed by atoms with van der Waals surface area (Å²) in [7, 11) is 2.01. The first kappa shape index (κ1) is 13.9. The molecule has 2 heterocycles. The number of halogens is 1. The molecule has 1 saturated heterocycles. The predicted molar refractivity (Wildman–Crippen MR) is 70.7 cm³/mol. The third-order valence-corrected chi connectivity index (χ3v) is 3.58. The Morgan fingerprint density at radius 2 is 2.11 bits per heavy atom. The van der Waals surface area contributed by atoms with E-state index in [2.05, 4.69) is 25.9 Å². The number of nitrogens with zero attached hydrogens (tertiary/aromatic N) is 5. The van der Waals surface area contributed by atoms with Gasteiger partial charge in [-0.3, -0.25) is 4.79 Å². The number of hydrogen-bond acceptors (Lipinski definition) is 5. The van der Waals surface area contributed by atoms with Crippen molar-refractivity contribution in [3.63, 3.8) is 0 Å². The summed E-state index contributed by atoms with van der Waals surface area (Å²) in [5.41, 5.74) is 0. The summed E-state index contributed by atoms with van der Waals surface area (Å²) in [5.74, 6) is -0.343. The number of aromatic nitrogens is 2. The zero-order valence-electron chi connectivity index (χ0n) is 10.5. The topological polar surface area (TPSA) is 84.5 Å². The maximum atomic E-state index is 12.0. The highest BCUT2D eigenvalue weighted by atomic mass is 79.9. The largest absolute Gasteiger partial charge is 0.404 e. The van der Waals surface area contributed by atoms with Gasteiger partial charge in [-0.2, -0.15) is 4.68 Å². The molecule has 1 aliphatic heterocycles. The van der Waals surface area contributed by atoms with Crippen LogP contribution in [0.2, 0.25) is 0 Å². The smallest absolute Gasteiger partial charge is 0.358 e. The lowest BCUT2D eigenvalue weighted by Crippen LogP contribution is -2.48. The number of nitro groups is 1. The van der Waals surface area contributed by atoms with E-state index in [4.69, 9.17) is 0 Å². The molecular formula is C10H14BrN5O3. The van der Waals surface area contributed by atoms with Crippen molar-refractivity contribution in [1.82, 2.24) is 19.6 Å². The molecular weight excluding hydrogens is 318 g/mol. The fraction of sp³-hybridized carbons (Fsp3) is 0.600. The molecule has 2 rings (SSSR count). The van der Waals surface area contributed by atoms with Gasteiger partial charge in [-0.05, 0) is 27.9 Å². The summed E-state index contributed by atoms with van der Waals surface area (Å²) in [6.45, 7) is 3.07. The maximum absolute atomic E-state index is 12.0. The van der Waals surface area contributed by atoms with Crippen molar-refractivity contribution in [3.8, 4) is 0 Å². The van der Waals surface area contributed by atoms with Crippen LogP contribution in [0.25, 0.3) is 0 Å². The van der Waals surface area contributed by atoms with Crippen LogP contribution < -0.4 is 0 Å². The summed E-state index contributed by atoms with van der Waals surface area (Å²) in [5, 5.41) is 14.4. The zero-order valence-corrected chi connectivity index (χ0v) is 12.0. The van der Waals surface area contributed by atoms with E-state index in [9.17, 15) is 14.9 Å². The van der Waals surface area contributed by atoms with E-state index in [-0.39, 0.29) is 22.7 Å². The van der Waals surface area contributed by atoms with Gasteiger partial charge in [0.25, 0.3) is 0 Å². The second-order valence-electron chi connectivity index (χ2n) is 4.44. The van der Waals surface area contributed by atoms with E-state index in [0.717, 1.165) is 13.1 Å². The third kappa shape index (κ3) is 3.29. The van der Waals surface area contributed by atoms with Gasteiger partial charge in [0.1, 0.15) is 11.0 Å². The summed E-state index contributed by atoms with van der Waals surface area (Å²) in [6, 6.07) is 0. The van der Waals surface area contributed by atoms with Gasteiger partial charge in [0.05, 0.1) is 11.3 Å². The zero-order chi connectivity index (χ0) is 14.0. The first-order chi connectivity index (χ1) is 8.97. The minimum Gasteiger partial charge on any atom is -0.358 e. The van der Waals surface area contributed by atoms with Crippen LogP contribution in [0.15, 0.2) is 10.7 Å². The molecule has 0 N–H and O–H groups in total. The normalized spacial score (nSPS) is 16.6. The number of hydrogen-bond donors (Lipinski definition) is 0. The van der Waals surface area contributed by atoms with E-state index >= 15 is 0 Å². The Kier molecular flexibility index (Phi) is 4.15. The Hall–Kier alpha value is -1.48. The summed E-state index contributed by atoms with van der Waals surface area (Å²) >= 11 is 3.05. The molecule has 1 aliphatic rings. The summed E-state index contributed by atoms with van der Waals surface area (Å²) < 4.78 is 1.58. The Morgan fingerprint density at radius 3 is 2.63 bits per heavy atom. The van der Waals surface area contributed by atoms with Crippen LogP contribution in [0.1, 0.15) is 0 Å². The van der Waals surface area contributed by atoms with Crippen molar-refractivity contribution < 1.29 is 9.72 Å². The molecule has 0 aliphatic carbocycles. The van der Waals surface area contributed by atoms with Crippen LogP contribution in [0.3, 0.4) is 0 Å². The van der Waals surface area contributed by atoms with E-state index in [1.165, 1.54) is 10.9 Å². The third-order valence-electron chi connectivity index (χ3n) is 3.03. The number of carbonyl (C=O) groups is 1. The monoisotopic (exact) mass is 331 g/mol. The predicted octanol–water partition coefficient (Wildman–Crippen LogP) is 0.328. The molecule has 9 heteroatoms. The van der Waals surface area contributed by atoms with Crippen molar-refractivity contribution in [2.75, 3.05) is 33.2 Å². The molecule has 1 aromatic heterocycles. The Bertz CT molecular complexity index is 495. The van der Waals surface area contributed by atoms with Crippen molar-refractivity contribution >= 4 is 27.7 Å². The molecule has 0 bridgehead atoms. The van der Waals surface area contributed by atoms with Gasteiger partial charge in [-0.15, -0.1) is 0 Å². The molecule has 0 atom stereocenters. The van der Waals surface area contributed by atoms with Crippen LogP contribution in [-0.4, -0.2) is 63.6 Å². The average molecular weight is 332 g/mol. The quantitative estimate of drug-likeness (QED) is 0.588. The van der Waals surface area contributed by atoms with Crippen LogP contribution in [0.5, 0.6) is 0 Å². The van der Waals surface area contributed by atoms with E-state index in [0.29, 0.717) is 13.1 Å². The van der Waals surface area contributed by atoms with Gasteiger partial charge in [0.2, 0.25) is 5.91 Å². The molecule has 8 nitrogen and oxygen atoms in total. The summed E-state index contributed by atoms with van der Waals surface area (Å²) in [6.07, 6.45) is 1.45. The number of likely N-dealkylation sites (N-methyl/N-ethyl adjacent to an activating group) is 1. The average Bonchev–Trinajstić information content (AvgIpc) is 2.71. The lowest BCUT2D eigenvalue weighted by atomic mass is 10.3. The molecule has 0 radical (unpaired) electrons. The standard InChI is InChI=1S/C10H14BrN5O3/c1-13-2-4-14(5-3-13)9(17)7-15-6-8(11)10(12-15)16(18)19/h6H,2-5,7H2,1H3. The van der Waals surface area contributed by atoms with Crippen LogP contribution >= 0.6 is 15.9 Å². The molecule has 19 heavy (non-hydrogen) atoms. The van der Waals surface area contributed by atoms with Crippen LogP contribution in [-0.2, 0) is 11.3 Å². The molecule has 0 saturated carbocycles. The molecule has 0 spiro atoms. The van der Waals surface area contributed by atoms with Gasteiger partial charge in [-0.25, -0.2) is 0 Å². The first-order valence-corrected chi connectivity index (χ1v) is 6.60. The molecule has 0 unspecified atom stereocenters.